The molecule has 0 unspecified atom stereocenters. The number of hydrogen-bond donors (Lipinski definition) is 1. The SMILES string of the molecule is Cc1nc(CSc2nnc(Nc3cccc(Cl)c3)s2)cs1. The Balaban J connectivity index is 1.61. The lowest BCUT2D eigenvalue weighted by Gasteiger charge is -2.01. The fourth-order valence-electron chi connectivity index (χ4n) is 1.62. The van der Waals surface area contributed by atoms with Crippen molar-refractivity contribution in [1.82, 2.24) is 15.2 Å². The van der Waals surface area contributed by atoms with Crippen LogP contribution >= 0.6 is 46.0 Å². The van der Waals surface area contributed by atoms with Crippen LogP contribution in [-0.4, -0.2) is 15.2 Å². The highest BCUT2D eigenvalue weighted by atomic mass is 35.5. The Labute approximate surface area is 139 Å². The van der Waals surface area contributed by atoms with Crippen LogP contribution in [-0.2, 0) is 5.75 Å². The number of anilines is 2. The second-order valence-electron chi connectivity index (χ2n) is 4.16. The molecule has 1 N–H and O–H groups in total. The van der Waals surface area contributed by atoms with E-state index in [0.717, 1.165) is 31.6 Å². The zero-order valence-electron chi connectivity index (χ0n) is 11.0. The number of aromatic nitrogens is 3. The van der Waals surface area contributed by atoms with Gasteiger partial charge < -0.3 is 5.32 Å². The van der Waals surface area contributed by atoms with Gasteiger partial charge in [0.2, 0.25) is 5.13 Å². The molecule has 0 bridgehead atoms. The zero-order chi connectivity index (χ0) is 14.7. The Hall–Kier alpha value is -1.15. The van der Waals surface area contributed by atoms with Crippen LogP contribution in [0.2, 0.25) is 5.02 Å². The Morgan fingerprint density at radius 1 is 1.33 bits per heavy atom. The number of benzene rings is 1. The molecule has 2 heterocycles. The summed E-state index contributed by atoms with van der Waals surface area (Å²) in [4.78, 5) is 4.43. The van der Waals surface area contributed by atoms with Gasteiger partial charge in [-0.3, -0.25) is 0 Å². The molecule has 3 rings (SSSR count). The highest BCUT2D eigenvalue weighted by Gasteiger charge is 2.07. The molecule has 3 aromatic rings. The first-order chi connectivity index (χ1) is 10.2. The first-order valence-electron chi connectivity index (χ1n) is 6.09. The molecule has 0 fully saturated rings. The molecule has 0 aliphatic heterocycles. The number of rotatable bonds is 5. The molecule has 0 radical (unpaired) electrons. The van der Waals surface area contributed by atoms with Crippen molar-refractivity contribution in [2.75, 3.05) is 5.32 Å². The second-order valence-corrected chi connectivity index (χ2v) is 7.85. The maximum atomic E-state index is 5.95. The average Bonchev–Trinajstić information content (AvgIpc) is 3.06. The molecule has 4 nitrogen and oxygen atoms in total. The molecule has 0 aliphatic rings. The summed E-state index contributed by atoms with van der Waals surface area (Å²) in [6.07, 6.45) is 0. The number of nitrogens with zero attached hydrogens (tertiary/aromatic N) is 3. The molecule has 0 atom stereocenters. The molecule has 8 heteroatoms. The van der Waals surface area contributed by atoms with Crippen LogP contribution in [0.1, 0.15) is 10.7 Å². The topological polar surface area (TPSA) is 50.7 Å². The summed E-state index contributed by atoms with van der Waals surface area (Å²) in [5.74, 6) is 0.816. The number of aryl methyl sites for hydroxylation is 1. The van der Waals surface area contributed by atoms with E-state index in [9.17, 15) is 0 Å². The number of hydrogen-bond acceptors (Lipinski definition) is 7. The van der Waals surface area contributed by atoms with Crippen LogP contribution in [0.4, 0.5) is 10.8 Å². The second kappa shape index (κ2) is 6.74. The Morgan fingerprint density at radius 3 is 3.00 bits per heavy atom. The van der Waals surface area contributed by atoms with E-state index in [1.165, 1.54) is 11.3 Å². The Morgan fingerprint density at radius 2 is 2.24 bits per heavy atom. The van der Waals surface area contributed by atoms with Gasteiger partial charge in [0.25, 0.3) is 0 Å². The van der Waals surface area contributed by atoms with Crippen LogP contribution in [0, 0.1) is 6.92 Å². The highest BCUT2D eigenvalue weighted by molar-refractivity contribution is 8.00. The van der Waals surface area contributed by atoms with Gasteiger partial charge in [-0.25, -0.2) is 4.98 Å². The smallest absolute Gasteiger partial charge is 0.210 e. The standard InChI is InChI=1S/C13H11ClN4S3/c1-8-15-11(6-19-8)7-20-13-18-17-12(21-13)16-10-4-2-3-9(14)5-10/h2-6H,7H2,1H3,(H,16,17). The third-order valence-corrected chi connectivity index (χ3v) is 5.56. The summed E-state index contributed by atoms with van der Waals surface area (Å²) in [7, 11) is 0. The van der Waals surface area contributed by atoms with Gasteiger partial charge in [-0.2, -0.15) is 0 Å². The zero-order valence-corrected chi connectivity index (χ0v) is 14.2. The third kappa shape index (κ3) is 4.16. The molecule has 1 aromatic carbocycles. The molecule has 21 heavy (non-hydrogen) atoms. The van der Waals surface area contributed by atoms with Crippen LogP contribution in [0.15, 0.2) is 34.0 Å². The largest absolute Gasteiger partial charge is 0.330 e. The van der Waals surface area contributed by atoms with Crippen molar-refractivity contribution < 1.29 is 0 Å². The van der Waals surface area contributed by atoms with Crippen molar-refractivity contribution in [3.8, 4) is 0 Å². The van der Waals surface area contributed by atoms with Gasteiger partial charge in [-0.05, 0) is 25.1 Å². The highest BCUT2D eigenvalue weighted by Crippen LogP contribution is 2.30. The molecule has 2 aromatic heterocycles. The van der Waals surface area contributed by atoms with Crippen molar-refractivity contribution in [3.63, 3.8) is 0 Å². The monoisotopic (exact) mass is 354 g/mol. The summed E-state index contributed by atoms with van der Waals surface area (Å²) in [6, 6.07) is 7.53. The van der Waals surface area contributed by atoms with Crippen LogP contribution in [0.5, 0.6) is 0 Å². The Bertz CT molecular complexity index is 740. The van der Waals surface area contributed by atoms with Crippen molar-refractivity contribution in [3.05, 3.63) is 45.4 Å². The number of nitrogens with one attached hydrogen (secondary N) is 1. The van der Waals surface area contributed by atoms with E-state index in [0.29, 0.717) is 5.02 Å². The normalized spacial score (nSPS) is 10.8. The predicted molar refractivity (Wildman–Crippen MR) is 91.1 cm³/mol. The number of thioether (sulfide) groups is 1. The molecule has 0 aliphatic carbocycles. The van der Waals surface area contributed by atoms with Crippen LogP contribution in [0.3, 0.4) is 0 Å². The van der Waals surface area contributed by atoms with E-state index in [-0.39, 0.29) is 0 Å². The fraction of sp³-hybridized carbons (Fsp3) is 0.154. The lowest BCUT2D eigenvalue weighted by atomic mass is 10.3. The maximum absolute atomic E-state index is 5.95. The van der Waals surface area contributed by atoms with E-state index in [1.54, 1.807) is 23.1 Å². The number of thiazole rings is 1. The molecular weight excluding hydrogens is 344 g/mol. The molecule has 108 valence electrons. The average molecular weight is 355 g/mol. The minimum Gasteiger partial charge on any atom is -0.330 e. The molecule has 0 amide bonds. The van der Waals surface area contributed by atoms with Gasteiger partial charge in [0.1, 0.15) is 0 Å². The quantitative estimate of drug-likeness (QED) is 0.654. The van der Waals surface area contributed by atoms with Gasteiger partial charge in [-0.15, -0.1) is 21.5 Å². The fourth-order valence-corrected chi connectivity index (χ4v) is 4.19. The van der Waals surface area contributed by atoms with Crippen LogP contribution in [0.25, 0.3) is 0 Å². The van der Waals surface area contributed by atoms with E-state index < -0.39 is 0 Å². The predicted octanol–water partition coefficient (Wildman–Crippen LogP) is 4.99. The van der Waals surface area contributed by atoms with Gasteiger partial charge in [0.05, 0.1) is 10.7 Å². The van der Waals surface area contributed by atoms with Crippen molar-refractivity contribution >= 4 is 56.9 Å². The first kappa shape index (κ1) is 14.8. The van der Waals surface area contributed by atoms with Crippen molar-refractivity contribution in [1.29, 1.82) is 0 Å². The van der Waals surface area contributed by atoms with Gasteiger partial charge in [0, 0.05) is 21.8 Å². The molecule has 0 spiro atoms. The van der Waals surface area contributed by atoms with Gasteiger partial charge in [-0.1, -0.05) is 40.8 Å². The lowest BCUT2D eigenvalue weighted by molar-refractivity contribution is 1.01. The lowest BCUT2D eigenvalue weighted by Crippen LogP contribution is -1.88. The maximum Gasteiger partial charge on any atom is 0.210 e. The summed E-state index contributed by atoms with van der Waals surface area (Å²) < 4.78 is 0.921. The molecule has 0 saturated carbocycles. The van der Waals surface area contributed by atoms with Gasteiger partial charge >= 0.3 is 0 Å². The van der Waals surface area contributed by atoms with E-state index >= 15 is 0 Å². The van der Waals surface area contributed by atoms with Gasteiger partial charge in [0.15, 0.2) is 4.34 Å². The summed E-state index contributed by atoms with van der Waals surface area (Å²) in [6.45, 7) is 2.01. The first-order valence-corrected chi connectivity index (χ1v) is 9.15. The van der Waals surface area contributed by atoms with Crippen LogP contribution < -0.4 is 5.32 Å². The van der Waals surface area contributed by atoms with Crippen molar-refractivity contribution in [2.45, 2.75) is 17.0 Å². The summed E-state index contributed by atoms with van der Waals surface area (Å²) in [5.41, 5.74) is 1.99. The summed E-state index contributed by atoms with van der Waals surface area (Å²) in [5, 5.41) is 16.1. The summed E-state index contributed by atoms with van der Waals surface area (Å²) >= 11 is 10.8. The van der Waals surface area contributed by atoms with E-state index in [2.05, 4.69) is 25.9 Å². The van der Waals surface area contributed by atoms with E-state index in [1.807, 2.05) is 31.2 Å². The molecular formula is C13H11ClN4S3. The third-order valence-electron chi connectivity index (χ3n) is 2.49. The van der Waals surface area contributed by atoms with E-state index in [4.69, 9.17) is 11.6 Å². The van der Waals surface area contributed by atoms with Crippen molar-refractivity contribution in [2.24, 2.45) is 0 Å². The molecule has 0 saturated heterocycles. The Kier molecular flexibility index (Phi) is 4.74. The minimum atomic E-state index is 0.693. The number of halogens is 1. The minimum absolute atomic E-state index is 0.693.